The van der Waals surface area contributed by atoms with Gasteiger partial charge in [0.1, 0.15) is 17.0 Å². The van der Waals surface area contributed by atoms with Gasteiger partial charge in [-0.3, -0.25) is 0 Å². The van der Waals surface area contributed by atoms with Gasteiger partial charge < -0.3 is 14.6 Å². The Morgan fingerprint density at radius 3 is 2.11 bits per heavy atom. The molecule has 0 radical (unpaired) electrons. The molecule has 0 bridgehead atoms. The summed E-state index contributed by atoms with van der Waals surface area (Å²) in [5.74, 6) is -1.29. The van der Waals surface area contributed by atoms with Crippen LogP contribution < -0.4 is 0 Å². The molecule has 0 atom stereocenters. The number of phenolic OH excluding ortho intramolecular Hbond substituents is 1. The third kappa shape index (κ3) is 3.72. The molecule has 0 unspecified atom stereocenters. The van der Waals surface area contributed by atoms with Crippen molar-refractivity contribution >= 4 is 57.1 Å². The molecule has 2 aromatic carbocycles. The third-order valence-corrected chi connectivity index (χ3v) is 5.59. The van der Waals surface area contributed by atoms with Crippen LogP contribution in [0.1, 0.15) is 20.8 Å². The Bertz CT molecular complexity index is 1040. The SMILES string of the molecule is COC(=O)c1c(-c2cc(I)c(O)c(I)c2)nn(-c2ccccc2)c1C(=O)OC. The van der Waals surface area contributed by atoms with Crippen molar-refractivity contribution in [1.82, 2.24) is 9.78 Å². The first-order chi connectivity index (χ1) is 13.4. The van der Waals surface area contributed by atoms with Crippen molar-refractivity contribution in [2.75, 3.05) is 14.2 Å². The molecule has 1 N–H and O–H groups in total. The Labute approximate surface area is 187 Å². The average molecular weight is 604 g/mol. The molecule has 0 fully saturated rings. The summed E-state index contributed by atoms with van der Waals surface area (Å²) < 4.78 is 12.3. The van der Waals surface area contributed by atoms with E-state index in [1.54, 1.807) is 36.4 Å². The number of carbonyl (C=O) groups is 2. The molecule has 0 spiro atoms. The lowest BCUT2D eigenvalue weighted by molar-refractivity contribution is 0.0549. The lowest BCUT2D eigenvalue weighted by Crippen LogP contribution is -2.15. The highest BCUT2D eigenvalue weighted by Gasteiger charge is 2.31. The fourth-order valence-electron chi connectivity index (χ4n) is 2.66. The fourth-order valence-corrected chi connectivity index (χ4v) is 4.43. The predicted octanol–water partition coefficient (Wildman–Crippen LogP) is 4.03. The van der Waals surface area contributed by atoms with Gasteiger partial charge in [0.05, 0.1) is 27.0 Å². The predicted molar refractivity (Wildman–Crippen MR) is 119 cm³/mol. The summed E-state index contributed by atoms with van der Waals surface area (Å²) in [5.41, 5.74) is 1.37. The summed E-state index contributed by atoms with van der Waals surface area (Å²) in [6.45, 7) is 0. The van der Waals surface area contributed by atoms with Crippen molar-refractivity contribution < 1.29 is 24.2 Å². The number of benzene rings is 2. The number of aromatic nitrogens is 2. The number of para-hydroxylation sites is 1. The minimum Gasteiger partial charge on any atom is -0.506 e. The van der Waals surface area contributed by atoms with Gasteiger partial charge in [0.25, 0.3) is 0 Å². The monoisotopic (exact) mass is 604 g/mol. The molecule has 0 saturated heterocycles. The van der Waals surface area contributed by atoms with Crippen LogP contribution in [0.4, 0.5) is 0 Å². The van der Waals surface area contributed by atoms with E-state index in [9.17, 15) is 14.7 Å². The number of aromatic hydroxyl groups is 1. The van der Waals surface area contributed by atoms with Gasteiger partial charge in [-0.1, -0.05) is 18.2 Å². The Morgan fingerprint density at radius 2 is 1.57 bits per heavy atom. The lowest BCUT2D eigenvalue weighted by atomic mass is 10.1. The third-order valence-electron chi connectivity index (χ3n) is 3.94. The Balaban J connectivity index is 2.38. The number of carbonyl (C=O) groups excluding carboxylic acids is 2. The minimum atomic E-state index is -0.717. The summed E-state index contributed by atoms with van der Waals surface area (Å²) in [7, 11) is 2.47. The van der Waals surface area contributed by atoms with E-state index in [-0.39, 0.29) is 22.7 Å². The van der Waals surface area contributed by atoms with E-state index < -0.39 is 11.9 Å². The zero-order chi connectivity index (χ0) is 20.4. The first kappa shape index (κ1) is 20.6. The molecule has 7 nitrogen and oxygen atoms in total. The van der Waals surface area contributed by atoms with Crippen molar-refractivity contribution in [1.29, 1.82) is 0 Å². The van der Waals surface area contributed by atoms with Gasteiger partial charge in [-0.15, -0.1) is 0 Å². The number of ether oxygens (including phenoxy) is 2. The number of esters is 2. The summed E-state index contributed by atoms with van der Waals surface area (Å²) in [6.07, 6.45) is 0. The van der Waals surface area contributed by atoms with Crippen LogP contribution in [0.2, 0.25) is 0 Å². The molecule has 144 valence electrons. The molecule has 28 heavy (non-hydrogen) atoms. The zero-order valence-electron chi connectivity index (χ0n) is 14.8. The fraction of sp³-hybridized carbons (Fsp3) is 0.105. The van der Waals surface area contributed by atoms with E-state index in [4.69, 9.17) is 9.47 Å². The lowest BCUT2D eigenvalue weighted by Gasteiger charge is -2.07. The molecular weight excluding hydrogens is 590 g/mol. The van der Waals surface area contributed by atoms with E-state index in [0.717, 1.165) is 0 Å². The van der Waals surface area contributed by atoms with E-state index >= 15 is 0 Å². The van der Waals surface area contributed by atoms with Gasteiger partial charge in [-0.2, -0.15) is 5.10 Å². The van der Waals surface area contributed by atoms with E-state index in [2.05, 4.69) is 5.10 Å². The summed E-state index contributed by atoms with van der Waals surface area (Å²) >= 11 is 3.98. The number of hydrogen-bond acceptors (Lipinski definition) is 6. The quantitative estimate of drug-likeness (QED) is 0.358. The second-order valence-corrected chi connectivity index (χ2v) is 7.92. The molecule has 1 heterocycles. The molecular formula is C19H14I2N2O5. The maximum absolute atomic E-state index is 12.6. The van der Waals surface area contributed by atoms with E-state index in [1.165, 1.54) is 18.9 Å². The maximum Gasteiger partial charge on any atom is 0.357 e. The number of nitrogens with zero attached hydrogens (tertiary/aromatic N) is 2. The maximum atomic E-state index is 12.6. The standard InChI is InChI=1S/C19H14I2N2O5/c1-27-18(25)14-15(10-8-12(20)17(24)13(21)9-10)22-23(16(14)19(26)28-2)11-6-4-3-5-7-11/h3-9,24H,1-2H3. The van der Waals surface area contributed by atoms with Gasteiger partial charge in [-0.25, -0.2) is 14.3 Å². The van der Waals surface area contributed by atoms with Crippen LogP contribution in [0.5, 0.6) is 5.75 Å². The van der Waals surface area contributed by atoms with Crippen LogP contribution in [0.3, 0.4) is 0 Å². The van der Waals surface area contributed by atoms with Crippen LogP contribution in [0.25, 0.3) is 16.9 Å². The highest BCUT2D eigenvalue weighted by Crippen LogP contribution is 2.35. The van der Waals surface area contributed by atoms with Crippen LogP contribution in [-0.4, -0.2) is 41.0 Å². The molecule has 0 saturated carbocycles. The first-order valence-corrected chi connectivity index (χ1v) is 10.1. The minimum absolute atomic E-state index is 0.00417. The molecule has 9 heteroatoms. The van der Waals surface area contributed by atoms with E-state index in [0.29, 0.717) is 18.4 Å². The van der Waals surface area contributed by atoms with Crippen molar-refractivity contribution in [3.8, 4) is 22.7 Å². The number of hydrogen-bond donors (Lipinski definition) is 1. The number of halogens is 2. The van der Waals surface area contributed by atoms with Gasteiger partial charge in [0.2, 0.25) is 0 Å². The molecule has 1 aromatic heterocycles. The smallest absolute Gasteiger partial charge is 0.357 e. The van der Waals surface area contributed by atoms with Crippen molar-refractivity contribution in [2.24, 2.45) is 0 Å². The van der Waals surface area contributed by atoms with Gasteiger partial charge in [0.15, 0.2) is 5.69 Å². The summed E-state index contributed by atoms with van der Waals surface area (Å²) in [4.78, 5) is 25.1. The van der Waals surface area contributed by atoms with Crippen LogP contribution in [-0.2, 0) is 9.47 Å². The van der Waals surface area contributed by atoms with Gasteiger partial charge >= 0.3 is 11.9 Å². The topological polar surface area (TPSA) is 90.6 Å². The molecule has 0 aliphatic heterocycles. The van der Waals surface area contributed by atoms with Crippen molar-refractivity contribution in [3.05, 3.63) is 60.9 Å². The van der Waals surface area contributed by atoms with Crippen molar-refractivity contribution in [3.63, 3.8) is 0 Å². The molecule has 0 amide bonds. The molecule has 3 rings (SSSR count). The zero-order valence-corrected chi connectivity index (χ0v) is 19.1. The largest absolute Gasteiger partial charge is 0.506 e. The van der Waals surface area contributed by atoms with Crippen LogP contribution in [0.15, 0.2) is 42.5 Å². The normalized spacial score (nSPS) is 10.6. The van der Waals surface area contributed by atoms with Crippen molar-refractivity contribution in [2.45, 2.75) is 0 Å². The Kier molecular flexibility index (Phi) is 6.23. The highest BCUT2D eigenvalue weighted by atomic mass is 127. The van der Waals surface area contributed by atoms with Gasteiger partial charge in [0, 0.05) is 5.56 Å². The summed E-state index contributed by atoms with van der Waals surface area (Å²) in [6, 6.07) is 12.3. The molecule has 0 aliphatic carbocycles. The number of phenols is 1. The second-order valence-electron chi connectivity index (χ2n) is 5.59. The Morgan fingerprint density at radius 1 is 1.00 bits per heavy atom. The van der Waals surface area contributed by atoms with Crippen LogP contribution >= 0.6 is 45.2 Å². The molecule has 3 aromatic rings. The Hall–Kier alpha value is -2.15. The second kappa shape index (κ2) is 8.47. The number of methoxy groups -OCH3 is 2. The van der Waals surface area contributed by atoms with E-state index in [1.807, 2.05) is 51.2 Å². The van der Waals surface area contributed by atoms with Crippen LogP contribution in [0, 0.1) is 7.14 Å². The number of rotatable bonds is 4. The average Bonchev–Trinajstić information content (AvgIpc) is 3.11. The summed E-state index contributed by atoms with van der Waals surface area (Å²) in [5, 5.41) is 14.6. The highest BCUT2D eigenvalue weighted by molar-refractivity contribution is 14.1. The first-order valence-electron chi connectivity index (χ1n) is 7.92. The van der Waals surface area contributed by atoms with Gasteiger partial charge in [-0.05, 0) is 69.4 Å². The molecule has 0 aliphatic rings.